The summed E-state index contributed by atoms with van der Waals surface area (Å²) in [4.78, 5) is 11.6. The van der Waals surface area contributed by atoms with E-state index in [4.69, 9.17) is 0 Å². The summed E-state index contributed by atoms with van der Waals surface area (Å²) >= 11 is 0. The lowest BCUT2D eigenvalue weighted by Crippen LogP contribution is -2.12. The lowest BCUT2D eigenvalue weighted by atomic mass is 10.3. The van der Waals surface area contributed by atoms with Crippen LogP contribution in [0.1, 0.15) is 12.6 Å². The smallest absolute Gasteiger partial charge is 0.269 e. The van der Waals surface area contributed by atoms with Crippen LogP contribution >= 0.6 is 0 Å². The first kappa shape index (κ1) is 12.2. The first-order chi connectivity index (χ1) is 8.70. The van der Waals surface area contributed by atoms with Gasteiger partial charge in [-0.3, -0.25) is 10.1 Å². The highest BCUT2D eigenvalue weighted by Gasteiger charge is 2.06. The van der Waals surface area contributed by atoms with Gasteiger partial charge in [0, 0.05) is 18.7 Å². The van der Waals surface area contributed by atoms with Crippen LogP contribution in [0.25, 0.3) is 5.69 Å². The van der Waals surface area contributed by atoms with Crippen molar-refractivity contribution in [2.24, 2.45) is 0 Å². The first-order valence-electron chi connectivity index (χ1n) is 5.57. The molecular weight excluding hydrogens is 234 g/mol. The van der Waals surface area contributed by atoms with Gasteiger partial charge in [-0.25, -0.2) is 0 Å². The molecule has 7 nitrogen and oxygen atoms in total. The third-order valence-corrected chi connectivity index (χ3v) is 2.39. The molecule has 2 aromatic rings. The van der Waals surface area contributed by atoms with Crippen molar-refractivity contribution in [1.82, 2.24) is 20.3 Å². The molecule has 1 heterocycles. The van der Waals surface area contributed by atoms with E-state index in [0.717, 1.165) is 12.2 Å². The molecule has 0 aliphatic rings. The van der Waals surface area contributed by atoms with Crippen molar-refractivity contribution in [3.05, 3.63) is 46.3 Å². The Morgan fingerprint density at radius 3 is 2.72 bits per heavy atom. The molecule has 1 aromatic heterocycles. The van der Waals surface area contributed by atoms with E-state index in [1.54, 1.807) is 18.3 Å². The lowest BCUT2D eigenvalue weighted by Gasteiger charge is -1.99. The molecule has 0 aliphatic carbocycles. The van der Waals surface area contributed by atoms with Crippen LogP contribution in [0.4, 0.5) is 5.69 Å². The number of aromatic nitrogens is 3. The minimum Gasteiger partial charge on any atom is -0.311 e. The Morgan fingerprint density at radius 2 is 2.11 bits per heavy atom. The number of rotatable bonds is 5. The van der Waals surface area contributed by atoms with Gasteiger partial charge in [0.2, 0.25) is 0 Å². The Hall–Kier alpha value is -2.28. The Balaban J connectivity index is 2.15. The molecule has 0 bridgehead atoms. The van der Waals surface area contributed by atoms with Gasteiger partial charge in [0.05, 0.1) is 22.5 Å². The summed E-state index contributed by atoms with van der Waals surface area (Å²) in [6.07, 6.45) is 1.67. The Morgan fingerprint density at radius 1 is 1.39 bits per heavy atom. The summed E-state index contributed by atoms with van der Waals surface area (Å²) in [7, 11) is 0. The van der Waals surface area contributed by atoms with E-state index in [0.29, 0.717) is 12.2 Å². The molecular formula is C11H13N5O2. The van der Waals surface area contributed by atoms with E-state index in [9.17, 15) is 10.1 Å². The maximum absolute atomic E-state index is 10.5. The summed E-state index contributed by atoms with van der Waals surface area (Å²) in [6, 6.07) is 6.11. The third kappa shape index (κ3) is 2.69. The summed E-state index contributed by atoms with van der Waals surface area (Å²) in [5, 5.41) is 22.1. The summed E-state index contributed by atoms with van der Waals surface area (Å²) < 4.78 is 0. The van der Waals surface area contributed by atoms with Gasteiger partial charge in [-0.1, -0.05) is 6.92 Å². The maximum Gasteiger partial charge on any atom is 0.269 e. The fourth-order valence-corrected chi connectivity index (χ4v) is 1.46. The van der Waals surface area contributed by atoms with Gasteiger partial charge in [0.1, 0.15) is 0 Å². The number of hydrogen-bond donors (Lipinski definition) is 1. The van der Waals surface area contributed by atoms with Gasteiger partial charge in [-0.2, -0.15) is 15.0 Å². The highest BCUT2D eigenvalue weighted by Crippen LogP contribution is 2.13. The summed E-state index contributed by atoms with van der Waals surface area (Å²) in [5.74, 6) is 0. The van der Waals surface area contributed by atoms with E-state index in [1.165, 1.54) is 16.9 Å². The predicted molar refractivity (Wildman–Crippen MR) is 65.4 cm³/mol. The zero-order valence-corrected chi connectivity index (χ0v) is 9.91. The summed E-state index contributed by atoms with van der Waals surface area (Å²) in [5.41, 5.74) is 1.58. The minimum atomic E-state index is -0.434. The molecule has 1 N–H and O–H groups in total. The highest BCUT2D eigenvalue weighted by molar-refractivity contribution is 5.39. The number of non-ortho nitro benzene ring substituents is 1. The summed E-state index contributed by atoms with van der Waals surface area (Å²) in [6.45, 7) is 3.54. The van der Waals surface area contributed by atoms with Crippen molar-refractivity contribution in [2.75, 3.05) is 6.54 Å². The van der Waals surface area contributed by atoms with Crippen molar-refractivity contribution in [2.45, 2.75) is 13.5 Å². The molecule has 2 rings (SSSR count). The molecule has 0 amide bonds. The van der Waals surface area contributed by atoms with Crippen molar-refractivity contribution in [1.29, 1.82) is 0 Å². The van der Waals surface area contributed by atoms with Crippen molar-refractivity contribution in [3.8, 4) is 5.69 Å². The van der Waals surface area contributed by atoms with Gasteiger partial charge in [-0.05, 0) is 18.7 Å². The van der Waals surface area contributed by atoms with E-state index >= 15 is 0 Å². The van der Waals surface area contributed by atoms with Gasteiger partial charge >= 0.3 is 0 Å². The monoisotopic (exact) mass is 247 g/mol. The van der Waals surface area contributed by atoms with E-state index in [1.807, 2.05) is 6.92 Å². The van der Waals surface area contributed by atoms with Crippen LogP contribution in [0, 0.1) is 10.1 Å². The van der Waals surface area contributed by atoms with Crippen LogP contribution < -0.4 is 5.32 Å². The molecule has 7 heteroatoms. The fourth-order valence-electron chi connectivity index (χ4n) is 1.46. The second kappa shape index (κ2) is 5.37. The average molecular weight is 247 g/mol. The van der Waals surface area contributed by atoms with E-state index in [2.05, 4.69) is 15.5 Å². The van der Waals surface area contributed by atoms with E-state index in [-0.39, 0.29) is 5.69 Å². The van der Waals surface area contributed by atoms with Gasteiger partial charge < -0.3 is 5.32 Å². The lowest BCUT2D eigenvalue weighted by molar-refractivity contribution is -0.384. The first-order valence-corrected chi connectivity index (χ1v) is 5.57. The van der Waals surface area contributed by atoms with Crippen molar-refractivity contribution < 1.29 is 4.92 Å². The van der Waals surface area contributed by atoms with Gasteiger partial charge in [0.15, 0.2) is 0 Å². The maximum atomic E-state index is 10.5. The Kier molecular flexibility index (Phi) is 3.63. The number of nitro groups is 1. The fraction of sp³-hybridized carbons (Fsp3) is 0.273. The molecule has 0 spiro atoms. The Bertz CT molecular complexity index is 535. The zero-order valence-electron chi connectivity index (χ0n) is 9.91. The third-order valence-electron chi connectivity index (χ3n) is 2.39. The molecule has 0 fully saturated rings. The Labute approximate surface area is 104 Å². The van der Waals surface area contributed by atoms with Crippen molar-refractivity contribution >= 4 is 5.69 Å². The second-order valence-corrected chi connectivity index (χ2v) is 3.68. The number of nitrogens with zero attached hydrogens (tertiary/aromatic N) is 4. The van der Waals surface area contributed by atoms with Crippen LogP contribution in [0.5, 0.6) is 0 Å². The standard InChI is InChI=1S/C11H13N5O2/c1-2-12-7-9-8-13-15(14-9)10-3-5-11(6-4-10)16(17)18/h3-6,8,12H,2,7H2,1H3. The number of benzene rings is 1. The molecule has 0 aliphatic heterocycles. The van der Waals surface area contributed by atoms with Crippen molar-refractivity contribution in [3.63, 3.8) is 0 Å². The number of hydrogen-bond acceptors (Lipinski definition) is 5. The van der Waals surface area contributed by atoms with Crippen LogP contribution in [-0.2, 0) is 6.54 Å². The van der Waals surface area contributed by atoms with E-state index < -0.39 is 4.92 Å². The van der Waals surface area contributed by atoms with Crippen LogP contribution in [0.15, 0.2) is 30.5 Å². The van der Waals surface area contributed by atoms with Crippen LogP contribution in [-0.4, -0.2) is 26.5 Å². The molecule has 0 radical (unpaired) electrons. The molecule has 0 saturated heterocycles. The highest BCUT2D eigenvalue weighted by atomic mass is 16.6. The topological polar surface area (TPSA) is 85.9 Å². The number of nitro benzene ring substituents is 1. The molecule has 94 valence electrons. The molecule has 0 atom stereocenters. The molecule has 1 aromatic carbocycles. The number of nitrogens with one attached hydrogen (secondary N) is 1. The minimum absolute atomic E-state index is 0.0544. The predicted octanol–water partition coefficient (Wildman–Crippen LogP) is 1.28. The largest absolute Gasteiger partial charge is 0.311 e. The SMILES string of the molecule is CCNCc1cnn(-c2ccc([N+](=O)[O-])cc2)n1. The quantitative estimate of drug-likeness (QED) is 0.635. The second-order valence-electron chi connectivity index (χ2n) is 3.68. The zero-order chi connectivity index (χ0) is 13.0. The van der Waals surface area contributed by atoms with Crippen LogP contribution in [0.2, 0.25) is 0 Å². The molecule has 0 saturated carbocycles. The van der Waals surface area contributed by atoms with Gasteiger partial charge in [0.25, 0.3) is 5.69 Å². The molecule has 18 heavy (non-hydrogen) atoms. The van der Waals surface area contributed by atoms with Gasteiger partial charge in [-0.15, -0.1) is 0 Å². The molecule has 0 unspecified atom stereocenters. The normalized spacial score (nSPS) is 10.5. The average Bonchev–Trinajstić information content (AvgIpc) is 2.85. The van der Waals surface area contributed by atoms with Crippen LogP contribution in [0.3, 0.4) is 0 Å².